The lowest BCUT2D eigenvalue weighted by molar-refractivity contribution is 0.278. The normalized spacial score (nSPS) is 5.40. The average Bonchev–Trinajstić information content (AvgIpc) is 0.811. The number of rotatable bonds is 0. The Hall–Kier alpha value is 0.375. The maximum atomic E-state index is 7.17. The highest BCUT2D eigenvalue weighted by Crippen LogP contribution is 1.40. The van der Waals surface area contributed by atoms with Gasteiger partial charge in [0.2, 0.25) is 0 Å². The van der Waals surface area contributed by atoms with Gasteiger partial charge in [0.15, 0.2) is 0 Å². The molecule has 3 nitrogen and oxygen atoms in total. The zero-order chi connectivity index (χ0) is 3.58. The van der Waals surface area contributed by atoms with Crippen LogP contribution in [0, 0.1) is 0 Å². The van der Waals surface area contributed by atoms with Gasteiger partial charge >= 0.3 is 7.32 Å². The molecule has 0 aromatic heterocycles. The summed E-state index contributed by atoms with van der Waals surface area (Å²) in [7, 11) is -2.17. The van der Waals surface area contributed by atoms with E-state index in [0.29, 0.717) is 0 Å². The van der Waals surface area contributed by atoms with E-state index in [1.165, 1.54) is 0 Å². The van der Waals surface area contributed by atoms with E-state index < -0.39 is 7.32 Å². The second-order valence-electron chi connectivity index (χ2n) is 0.346. The number of hydrogen-bond donors (Lipinski definition) is 3. The third-order valence-corrected chi connectivity index (χ3v) is 0. The van der Waals surface area contributed by atoms with E-state index in [4.69, 9.17) is 15.1 Å². The van der Waals surface area contributed by atoms with Crippen LogP contribution < -0.4 is 0 Å². The first-order chi connectivity index (χ1) is 1.73. The summed E-state index contributed by atoms with van der Waals surface area (Å²) in [6, 6.07) is 0. The molecule has 0 aromatic rings. The lowest BCUT2D eigenvalue weighted by Crippen LogP contribution is -2.07. The molecule has 0 rings (SSSR count). The fraction of sp³-hybridized carbons (Fsp3) is 0. The van der Waals surface area contributed by atoms with Crippen LogP contribution in [0.4, 0.5) is 0 Å². The maximum Gasteiger partial charge on any atom is 0.631 e. The Balaban J connectivity index is 0. The molecule has 0 bridgehead atoms. The molecule has 0 aromatic carbocycles. The monoisotopic (exact) mass is 93.0 g/mol. The van der Waals surface area contributed by atoms with Crippen LogP contribution in [0.5, 0.6) is 0 Å². The van der Waals surface area contributed by atoms with Gasteiger partial charge in [-0.15, -0.1) is 0 Å². The molecule has 3 radical (unpaired) electrons. The van der Waals surface area contributed by atoms with Crippen molar-refractivity contribution in [1.29, 1.82) is 0 Å². The fourth-order valence-corrected chi connectivity index (χ4v) is 0. The topological polar surface area (TPSA) is 60.7 Å². The van der Waals surface area contributed by atoms with Crippen LogP contribution in [-0.4, -0.2) is 22.4 Å². The molecule has 0 aliphatic rings. The van der Waals surface area contributed by atoms with Gasteiger partial charge in [0.05, 0.1) is 0 Å². The molecule has 5 heteroatoms. The Morgan fingerprint density at radius 1 is 1.00 bits per heavy atom. The Bertz CT molecular complexity index is 11.6. The number of hydrogen-bond acceptors (Lipinski definition) is 3. The van der Waals surface area contributed by atoms with Crippen molar-refractivity contribution in [3.05, 3.63) is 0 Å². The van der Waals surface area contributed by atoms with Crippen molar-refractivity contribution in [2.75, 3.05) is 0 Å². The molecule has 0 aliphatic carbocycles. The highest BCUT2D eigenvalue weighted by atomic mass is 31.0. The van der Waals surface area contributed by atoms with Crippen molar-refractivity contribution in [3.63, 3.8) is 0 Å². The summed E-state index contributed by atoms with van der Waals surface area (Å²) in [5, 5.41) is 21.5. The lowest BCUT2D eigenvalue weighted by Gasteiger charge is -1.69. The summed E-state index contributed by atoms with van der Waals surface area (Å²) in [4.78, 5) is 0. The van der Waals surface area contributed by atoms with E-state index in [2.05, 4.69) is 0 Å². The van der Waals surface area contributed by atoms with Gasteiger partial charge in [-0.1, -0.05) is 0 Å². The van der Waals surface area contributed by atoms with E-state index in [9.17, 15) is 0 Å². The first-order valence-electron chi connectivity index (χ1n) is 0.775. The van der Waals surface area contributed by atoms with Crippen molar-refractivity contribution >= 4 is 17.2 Å². The summed E-state index contributed by atoms with van der Waals surface area (Å²) in [6.07, 6.45) is 0. The first kappa shape index (κ1) is 9.03. The minimum absolute atomic E-state index is 0. The Kier molecular flexibility index (Phi) is 7.90. The van der Waals surface area contributed by atoms with E-state index in [-0.39, 0.29) is 9.90 Å². The van der Waals surface area contributed by atoms with Gasteiger partial charge in [-0.2, -0.15) is 0 Å². The Labute approximate surface area is 33.4 Å². The van der Waals surface area contributed by atoms with Crippen LogP contribution in [0.25, 0.3) is 0 Å². The predicted molar refractivity (Wildman–Crippen MR) is 19.3 cm³/mol. The highest BCUT2D eigenvalue weighted by molar-refractivity contribution is 6.92. The summed E-state index contributed by atoms with van der Waals surface area (Å²) in [6.45, 7) is 0. The van der Waals surface area contributed by atoms with Crippen LogP contribution in [0.15, 0.2) is 0 Å². The molecule has 3 N–H and O–H groups in total. The smallest absolute Gasteiger partial charge is 0.402 e. The lowest BCUT2D eigenvalue weighted by atomic mass is 10.3. The largest absolute Gasteiger partial charge is 0.631 e. The minimum atomic E-state index is -2.17. The average molecular weight is 92.8 g/mol. The van der Waals surface area contributed by atoms with Gasteiger partial charge in [0.25, 0.3) is 0 Å². The van der Waals surface area contributed by atoms with Crippen molar-refractivity contribution in [3.8, 4) is 0 Å². The van der Waals surface area contributed by atoms with E-state index in [0.717, 1.165) is 0 Å². The van der Waals surface area contributed by atoms with Crippen LogP contribution >= 0.6 is 9.90 Å². The van der Waals surface area contributed by atoms with Gasteiger partial charge in [-0.05, 0) is 0 Å². The first-order valence-corrected chi connectivity index (χ1v) is 0.775. The highest BCUT2D eigenvalue weighted by Gasteiger charge is 1.92. The third-order valence-electron chi connectivity index (χ3n) is 0. The molecule has 5 heavy (non-hydrogen) atoms. The molecule has 0 unspecified atom stereocenters. The van der Waals surface area contributed by atoms with Crippen molar-refractivity contribution < 1.29 is 15.1 Å². The van der Waals surface area contributed by atoms with E-state index in [1.807, 2.05) is 0 Å². The quantitative estimate of drug-likeness (QED) is 0.260. The molecule has 0 heterocycles. The molecule has 0 amide bonds. The van der Waals surface area contributed by atoms with Crippen LogP contribution in [0.2, 0.25) is 0 Å². The van der Waals surface area contributed by atoms with Gasteiger partial charge in [-0.3, -0.25) is 0 Å². The zero-order valence-electron chi connectivity index (χ0n) is 2.37. The molecule has 29 valence electrons. The van der Waals surface area contributed by atoms with Gasteiger partial charge in [0, 0.05) is 9.90 Å². The minimum Gasteiger partial charge on any atom is -0.402 e. The molecule has 0 saturated carbocycles. The Morgan fingerprint density at radius 2 is 1.00 bits per heavy atom. The van der Waals surface area contributed by atoms with Gasteiger partial charge in [0.1, 0.15) is 0 Å². The molecule has 0 spiro atoms. The molecule has 0 atom stereocenters. The summed E-state index contributed by atoms with van der Waals surface area (Å²) in [5.41, 5.74) is 0. The second kappa shape index (κ2) is 4.37. The van der Waals surface area contributed by atoms with Crippen molar-refractivity contribution in [2.45, 2.75) is 0 Å². The Morgan fingerprint density at radius 3 is 1.00 bits per heavy atom. The molecular weight excluding hydrogens is 89.8 g/mol. The standard InChI is InChI=1S/BH3O3.P/c2-1(3)4;/h2-4H;. The van der Waals surface area contributed by atoms with Crippen LogP contribution in [0.3, 0.4) is 0 Å². The van der Waals surface area contributed by atoms with E-state index in [1.54, 1.807) is 0 Å². The SMILES string of the molecule is OB(O)O.[P]. The fourth-order valence-electron chi connectivity index (χ4n) is 0. The van der Waals surface area contributed by atoms with Crippen LogP contribution in [-0.2, 0) is 0 Å². The zero-order valence-corrected chi connectivity index (χ0v) is 3.26. The molecule has 0 saturated heterocycles. The van der Waals surface area contributed by atoms with Gasteiger partial charge < -0.3 is 15.1 Å². The molecule has 0 fully saturated rings. The van der Waals surface area contributed by atoms with Crippen molar-refractivity contribution in [2.24, 2.45) is 0 Å². The maximum absolute atomic E-state index is 7.17. The molecule has 0 aliphatic heterocycles. The summed E-state index contributed by atoms with van der Waals surface area (Å²) in [5.74, 6) is 0. The van der Waals surface area contributed by atoms with Gasteiger partial charge in [-0.25, -0.2) is 0 Å². The van der Waals surface area contributed by atoms with Crippen molar-refractivity contribution in [1.82, 2.24) is 0 Å². The van der Waals surface area contributed by atoms with E-state index >= 15 is 0 Å². The van der Waals surface area contributed by atoms with Crippen LogP contribution in [0.1, 0.15) is 0 Å². The summed E-state index contributed by atoms with van der Waals surface area (Å²) < 4.78 is 0. The molecular formula is H3BO3P. The third kappa shape index (κ3) is 176. The second-order valence-corrected chi connectivity index (χ2v) is 0.346. The predicted octanol–water partition coefficient (Wildman–Crippen LogP) is -1.19. The summed E-state index contributed by atoms with van der Waals surface area (Å²) >= 11 is 0.